The number of hydrogen-bond donors (Lipinski definition) is 2. The fourth-order valence-corrected chi connectivity index (χ4v) is 3.06. The van der Waals surface area contributed by atoms with Crippen molar-refractivity contribution >= 4 is 47.1 Å². The molecule has 0 radical (unpaired) electrons. The van der Waals surface area contributed by atoms with E-state index in [-0.39, 0.29) is 0 Å². The molecule has 0 aromatic heterocycles. The molecule has 0 aromatic carbocycles. The molecular weight excluding hydrogens is 316 g/mol. The van der Waals surface area contributed by atoms with Gasteiger partial charge in [-0.1, -0.05) is 0 Å². The van der Waals surface area contributed by atoms with E-state index in [1.807, 2.05) is 0 Å². The smallest absolute Gasteiger partial charge is 0.189 e. The number of hydrogen-bond acceptors (Lipinski definition) is 4. The Morgan fingerprint density at radius 1 is 0.682 bits per heavy atom. The second-order valence-corrected chi connectivity index (χ2v) is 6.26. The molecule has 22 heavy (non-hydrogen) atoms. The zero-order valence-electron chi connectivity index (χ0n) is 12.8. The van der Waals surface area contributed by atoms with Crippen LogP contribution in [-0.4, -0.2) is 58.6 Å². The van der Waals surface area contributed by atoms with E-state index in [2.05, 4.69) is 30.9 Å². The van der Waals surface area contributed by atoms with Crippen LogP contribution in [-0.2, 0) is 0 Å². The van der Waals surface area contributed by atoms with E-state index in [9.17, 15) is 0 Å². The molecule has 0 atom stereocenters. The number of likely N-dealkylation sites (tertiary alicyclic amines) is 2. The van der Waals surface area contributed by atoms with Gasteiger partial charge in [0.15, 0.2) is 10.2 Å². The largest absolute Gasteiger partial charge is 0.348 e. The lowest BCUT2D eigenvalue weighted by Gasteiger charge is -2.28. The fraction of sp³-hybridized carbons (Fsp3) is 0.714. The molecule has 0 bridgehead atoms. The highest BCUT2D eigenvalue weighted by atomic mass is 32.1. The third-order valence-corrected chi connectivity index (χ3v) is 4.52. The Kier molecular flexibility index (Phi) is 7.51. The summed E-state index contributed by atoms with van der Waals surface area (Å²) in [7, 11) is 0. The first kappa shape index (κ1) is 17.1. The Bertz CT molecular complexity index is 385. The summed E-state index contributed by atoms with van der Waals surface area (Å²) in [6.07, 6.45) is 10.5. The van der Waals surface area contributed by atoms with Crippen molar-refractivity contribution < 1.29 is 0 Å². The molecule has 2 aliphatic rings. The van der Waals surface area contributed by atoms with Crippen molar-refractivity contribution in [3.63, 3.8) is 0 Å². The van der Waals surface area contributed by atoms with E-state index in [0.717, 1.165) is 26.2 Å². The van der Waals surface area contributed by atoms with Crippen LogP contribution in [0.4, 0.5) is 0 Å². The lowest BCUT2D eigenvalue weighted by Crippen LogP contribution is -2.41. The van der Waals surface area contributed by atoms with Crippen LogP contribution in [0.1, 0.15) is 38.5 Å². The SMILES string of the molecule is S=C(N/N=C/C=N/NC(=S)N1CCCCC1)N1CCCCC1. The van der Waals surface area contributed by atoms with Crippen LogP contribution in [0.3, 0.4) is 0 Å². The van der Waals surface area contributed by atoms with Crippen molar-refractivity contribution in [2.45, 2.75) is 38.5 Å². The fourth-order valence-electron chi connectivity index (χ4n) is 2.59. The van der Waals surface area contributed by atoms with Crippen molar-refractivity contribution in [1.82, 2.24) is 20.7 Å². The molecule has 0 unspecified atom stereocenters. The van der Waals surface area contributed by atoms with Gasteiger partial charge in [-0.05, 0) is 63.0 Å². The molecule has 2 fully saturated rings. The lowest BCUT2D eigenvalue weighted by atomic mass is 10.1. The maximum absolute atomic E-state index is 5.29. The zero-order chi connectivity index (χ0) is 15.6. The predicted octanol–water partition coefficient (Wildman–Crippen LogP) is 1.68. The summed E-state index contributed by atoms with van der Waals surface area (Å²) in [6.45, 7) is 4.06. The molecule has 0 saturated carbocycles. The molecule has 0 aliphatic carbocycles. The average molecular weight is 341 g/mol. The van der Waals surface area contributed by atoms with Crippen molar-refractivity contribution in [1.29, 1.82) is 0 Å². The quantitative estimate of drug-likeness (QED) is 0.463. The van der Waals surface area contributed by atoms with Gasteiger partial charge in [0, 0.05) is 26.2 Å². The van der Waals surface area contributed by atoms with Gasteiger partial charge < -0.3 is 9.80 Å². The van der Waals surface area contributed by atoms with Crippen LogP contribution < -0.4 is 10.9 Å². The normalized spacial score (nSPS) is 19.6. The molecular formula is C14H24N6S2. The molecule has 8 heteroatoms. The Labute approximate surface area is 143 Å². The maximum atomic E-state index is 5.29. The number of nitrogens with zero attached hydrogens (tertiary/aromatic N) is 4. The highest BCUT2D eigenvalue weighted by molar-refractivity contribution is 7.80. The minimum Gasteiger partial charge on any atom is -0.348 e. The molecule has 2 N–H and O–H groups in total. The number of thiocarbonyl (C=S) groups is 2. The summed E-state index contributed by atoms with van der Waals surface area (Å²) in [5, 5.41) is 9.47. The van der Waals surface area contributed by atoms with Gasteiger partial charge in [0.2, 0.25) is 0 Å². The van der Waals surface area contributed by atoms with E-state index in [4.69, 9.17) is 24.4 Å². The van der Waals surface area contributed by atoms with Gasteiger partial charge in [0.05, 0.1) is 12.4 Å². The summed E-state index contributed by atoms with van der Waals surface area (Å²) in [4.78, 5) is 4.30. The third-order valence-electron chi connectivity index (χ3n) is 3.82. The van der Waals surface area contributed by atoms with Gasteiger partial charge in [-0.25, -0.2) is 0 Å². The number of piperidine rings is 2. The first-order chi connectivity index (χ1) is 10.8. The van der Waals surface area contributed by atoms with Crippen LogP contribution >= 0.6 is 24.4 Å². The van der Waals surface area contributed by atoms with Crippen LogP contribution in [0.25, 0.3) is 0 Å². The van der Waals surface area contributed by atoms with Crippen molar-refractivity contribution in [2.75, 3.05) is 26.2 Å². The second kappa shape index (κ2) is 9.68. The Morgan fingerprint density at radius 3 is 1.41 bits per heavy atom. The molecule has 0 spiro atoms. The minimum atomic E-state index is 0.682. The summed E-state index contributed by atoms with van der Waals surface area (Å²) in [6, 6.07) is 0. The maximum Gasteiger partial charge on any atom is 0.189 e. The average Bonchev–Trinajstić information content (AvgIpc) is 2.59. The summed E-state index contributed by atoms with van der Waals surface area (Å²) in [5.74, 6) is 0. The lowest BCUT2D eigenvalue weighted by molar-refractivity contribution is 0.338. The predicted molar refractivity (Wildman–Crippen MR) is 99.3 cm³/mol. The van der Waals surface area contributed by atoms with E-state index in [0.29, 0.717) is 10.2 Å². The molecule has 2 rings (SSSR count). The summed E-state index contributed by atoms with van der Waals surface area (Å²) >= 11 is 10.6. The van der Waals surface area contributed by atoms with Crippen molar-refractivity contribution in [3.05, 3.63) is 0 Å². The second-order valence-electron chi connectivity index (χ2n) is 5.49. The van der Waals surface area contributed by atoms with E-state index < -0.39 is 0 Å². The minimum absolute atomic E-state index is 0.682. The Balaban J connectivity index is 1.61. The molecule has 0 amide bonds. The Hall–Kier alpha value is -1.28. The number of rotatable bonds is 3. The highest BCUT2D eigenvalue weighted by Crippen LogP contribution is 2.09. The zero-order valence-corrected chi connectivity index (χ0v) is 14.5. The molecule has 6 nitrogen and oxygen atoms in total. The first-order valence-corrected chi connectivity index (χ1v) is 8.73. The summed E-state index contributed by atoms with van der Waals surface area (Å²) < 4.78 is 0. The van der Waals surface area contributed by atoms with Gasteiger partial charge >= 0.3 is 0 Å². The molecule has 2 saturated heterocycles. The van der Waals surface area contributed by atoms with Crippen LogP contribution in [0, 0.1) is 0 Å². The third kappa shape index (κ3) is 5.84. The monoisotopic (exact) mass is 340 g/mol. The molecule has 2 heterocycles. The van der Waals surface area contributed by atoms with Crippen molar-refractivity contribution in [3.8, 4) is 0 Å². The molecule has 0 aromatic rings. The van der Waals surface area contributed by atoms with E-state index in [1.165, 1.54) is 38.5 Å². The molecule has 2 aliphatic heterocycles. The standard InChI is InChI=1S/C14H24N6S2/c21-13(19-9-3-1-4-10-19)17-15-7-8-16-18-14(22)20-11-5-2-6-12-20/h7-8H,1-6,9-12H2,(H,17,21)(H,18,22)/b15-7+,16-8+. The van der Waals surface area contributed by atoms with Crippen LogP contribution in [0.15, 0.2) is 10.2 Å². The number of hydrazone groups is 2. The highest BCUT2D eigenvalue weighted by Gasteiger charge is 2.12. The van der Waals surface area contributed by atoms with Crippen LogP contribution in [0.2, 0.25) is 0 Å². The number of nitrogens with one attached hydrogen (secondary N) is 2. The van der Waals surface area contributed by atoms with Crippen molar-refractivity contribution in [2.24, 2.45) is 10.2 Å². The Morgan fingerprint density at radius 2 is 1.05 bits per heavy atom. The molecule has 122 valence electrons. The van der Waals surface area contributed by atoms with Gasteiger partial charge in [-0.2, -0.15) is 10.2 Å². The van der Waals surface area contributed by atoms with E-state index >= 15 is 0 Å². The summed E-state index contributed by atoms with van der Waals surface area (Å²) in [5.41, 5.74) is 5.74. The van der Waals surface area contributed by atoms with Gasteiger partial charge in [-0.3, -0.25) is 10.9 Å². The van der Waals surface area contributed by atoms with E-state index in [1.54, 1.807) is 12.4 Å². The topological polar surface area (TPSA) is 55.3 Å². The first-order valence-electron chi connectivity index (χ1n) is 7.92. The van der Waals surface area contributed by atoms with Gasteiger partial charge in [0.1, 0.15) is 0 Å². The van der Waals surface area contributed by atoms with Gasteiger partial charge in [-0.15, -0.1) is 0 Å². The van der Waals surface area contributed by atoms with Gasteiger partial charge in [0.25, 0.3) is 0 Å². The van der Waals surface area contributed by atoms with Crippen LogP contribution in [0.5, 0.6) is 0 Å².